The van der Waals surface area contributed by atoms with Crippen LogP contribution in [0.2, 0.25) is 5.15 Å². The van der Waals surface area contributed by atoms with E-state index in [9.17, 15) is 0 Å². The maximum atomic E-state index is 6.00. The molecule has 2 nitrogen and oxygen atoms in total. The number of rotatable bonds is 1. The first-order valence-electron chi connectivity index (χ1n) is 5.73. The fourth-order valence-electron chi connectivity index (χ4n) is 2.07. The van der Waals surface area contributed by atoms with E-state index in [0.717, 1.165) is 16.6 Å². The van der Waals surface area contributed by atoms with Crippen molar-refractivity contribution in [1.82, 2.24) is 9.97 Å². The number of aromatic nitrogens is 2. The maximum Gasteiger partial charge on any atom is 0.161 e. The summed E-state index contributed by atoms with van der Waals surface area (Å²) in [7, 11) is 0. The molecule has 0 fully saturated rings. The molecule has 88 valence electrons. The van der Waals surface area contributed by atoms with Crippen molar-refractivity contribution in [3.63, 3.8) is 0 Å². The van der Waals surface area contributed by atoms with Gasteiger partial charge in [0.15, 0.2) is 5.82 Å². The van der Waals surface area contributed by atoms with Gasteiger partial charge in [-0.25, -0.2) is 9.97 Å². The molecule has 3 rings (SSSR count). The Morgan fingerprint density at radius 2 is 1.72 bits per heavy atom. The van der Waals surface area contributed by atoms with Gasteiger partial charge in [0, 0.05) is 11.3 Å². The predicted molar refractivity (Wildman–Crippen MR) is 74.7 cm³/mol. The molecule has 2 aromatic carbocycles. The second kappa shape index (κ2) is 4.39. The van der Waals surface area contributed by atoms with Crippen molar-refractivity contribution in [2.75, 3.05) is 0 Å². The van der Waals surface area contributed by atoms with E-state index in [4.69, 9.17) is 11.6 Å². The molecular weight excluding hydrogens is 244 g/mol. The van der Waals surface area contributed by atoms with E-state index in [0.29, 0.717) is 11.0 Å². The van der Waals surface area contributed by atoms with Gasteiger partial charge < -0.3 is 0 Å². The quantitative estimate of drug-likeness (QED) is 0.607. The molecule has 0 atom stereocenters. The predicted octanol–water partition coefficient (Wildman–Crippen LogP) is 4.26. The third-order valence-corrected chi connectivity index (χ3v) is 3.05. The maximum absolute atomic E-state index is 6.00. The normalized spacial score (nSPS) is 10.8. The van der Waals surface area contributed by atoms with Crippen LogP contribution in [0.5, 0.6) is 0 Å². The Bertz CT molecular complexity index is 697. The molecule has 3 heteroatoms. The summed E-state index contributed by atoms with van der Waals surface area (Å²) in [5.41, 5.74) is 1.89. The lowest BCUT2D eigenvalue weighted by molar-refractivity contribution is 1.11. The van der Waals surface area contributed by atoms with Crippen molar-refractivity contribution in [3.8, 4) is 11.4 Å². The van der Waals surface area contributed by atoms with Crippen LogP contribution >= 0.6 is 11.6 Å². The number of halogens is 1. The molecule has 0 radical (unpaired) electrons. The standard InChI is InChI=1S/C15H11ClN2/c1-10-9-14(16)18-15(17-10)13-8-4-6-11-5-2-3-7-12(11)13/h2-9H,1H3. The molecule has 0 saturated carbocycles. The highest BCUT2D eigenvalue weighted by molar-refractivity contribution is 6.29. The van der Waals surface area contributed by atoms with E-state index in [1.807, 2.05) is 31.2 Å². The molecule has 0 amide bonds. The minimum atomic E-state index is 0.477. The SMILES string of the molecule is Cc1cc(Cl)nc(-c2cccc3ccccc23)n1. The number of hydrogen-bond acceptors (Lipinski definition) is 2. The van der Waals surface area contributed by atoms with Crippen molar-refractivity contribution in [1.29, 1.82) is 0 Å². The van der Waals surface area contributed by atoms with E-state index < -0.39 is 0 Å². The smallest absolute Gasteiger partial charge is 0.161 e. The Morgan fingerprint density at radius 3 is 2.56 bits per heavy atom. The third-order valence-electron chi connectivity index (χ3n) is 2.85. The summed E-state index contributed by atoms with van der Waals surface area (Å²) in [6.07, 6.45) is 0. The van der Waals surface area contributed by atoms with Crippen LogP contribution in [-0.4, -0.2) is 9.97 Å². The largest absolute Gasteiger partial charge is 0.233 e. The molecule has 1 heterocycles. The van der Waals surface area contributed by atoms with Gasteiger partial charge in [-0.15, -0.1) is 0 Å². The summed E-state index contributed by atoms with van der Waals surface area (Å²) in [5, 5.41) is 2.79. The van der Waals surface area contributed by atoms with Crippen LogP contribution in [0.15, 0.2) is 48.5 Å². The lowest BCUT2D eigenvalue weighted by Gasteiger charge is -2.06. The van der Waals surface area contributed by atoms with E-state index in [2.05, 4.69) is 28.2 Å². The van der Waals surface area contributed by atoms with Crippen molar-refractivity contribution in [3.05, 3.63) is 59.4 Å². The lowest BCUT2D eigenvalue weighted by Crippen LogP contribution is -1.93. The molecule has 0 aliphatic carbocycles. The molecule has 0 saturated heterocycles. The van der Waals surface area contributed by atoms with Gasteiger partial charge in [-0.1, -0.05) is 54.1 Å². The Hall–Kier alpha value is -1.93. The molecule has 0 spiro atoms. The number of hydrogen-bond donors (Lipinski definition) is 0. The van der Waals surface area contributed by atoms with Gasteiger partial charge in [0.1, 0.15) is 5.15 Å². The minimum Gasteiger partial charge on any atom is -0.233 e. The van der Waals surface area contributed by atoms with Crippen molar-refractivity contribution in [2.45, 2.75) is 6.92 Å². The van der Waals surface area contributed by atoms with Crippen LogP contribution in [0.25, 0.3) is 22.2 Å². The number of nitrogens with zero attached hydrogens (tertiary/aromatic N) is 2. The van der Waals surface area contributed by atoms with Crippen LogP contribution in [0.3, 0.4) is 0 Å². The lowest BCUT2D eigenvalue weighted by atomic mass is 10.0. The molecule has 0 aliphatic heterocycles. The van der Waals surface area contributed by atoms with Crippen LogP contribution in [0, 0.1) is 6.92 Å². The number of aryl methyl sites for hydroxylation is 1. The van der Waals surface area contributed by atoms with Crippen molar-refractivity contribution >= 4 is 22.4 Å². The van der Waals surface area contributed by atoms with Gasteiger partial charge >= 0.3 is 0 Å². The summed E-state index contributed by atoms with van der Waals surface area (Å²) in [5.74, 6) is 0.678. The monoisotopic (exact) mass is 254 g/mol. The molecule has 0 bridgehead atoms. The first kappa shape index (κ1) is 11.2. The van der Waals surface area contributed by atoms with Crippen molar-refractivity contribution in [2.24, 2.45) is 0 Å². The Balaban J connectivity index is 2.31. The average Bonchev–Trinajstić information content (AvgIpc) is 2.37. The first-order valence-corrected chi connectivity index (χ1v) is 6.11. The molecular formula is C15H11ClN2. The zero-order chi connectivity index (χ0) is 12.5. The topological polar surface area (TPSA) is 25.8 Å². The average molecular weight is 255 g/mol. The summed E-state index contributed by atoms with van der Waals surface area (Å²) in [4.78, 5) is 8.77. The van der Waals surface area contributed by atoms with Crippen molar-refractivity contribution < 1.29 is 0 Å². The number of benzene rings is 2. The van der Waals surface area contributed by atoms with Crippen LogP contribution in [-0.2, 0) is 0 Å². The summed E-state index contributed by atoms with van der Waals surface area (Å²) in [6, 6.07) is 16.1. The van der Waals surface area contributed by atoms with Crippen LogP contribution in [0.1, 0.15) is 5.69 Å². The van der Waals surface area contributed by atoms with Gasteiger partial charge in [-0.3, -0.25) is 0 Å². The molecule has 0 N–H and O–H groups in total. The molecule has 18 heavy (non-hydrogen) atoms. The van der Waals surface area contributed by atoms with E-state index in [1.165, 1.54) is 5.39 Å². The number of fused-ring (bicyclic) bond motifs is 1. The highest BCUT2D eigenvalue weighted by Gasteiger charge is 2.07. The van der Waals surface area contributed by atoms with Gasteiger partial charge in [-0.05, 0) is 23.8 Å². The Kier molecular flexibility index (Phi) is 2.73. The summed E-state index contributed by atoms with van der Waals surface area (Å²) in [6.45, 7) is 1.92. The molecule has 0 unspecified atom stereocenters. The van der Waals surface area contributed by atoms with Gasteiger partial charge in [0.25, 0.3) is 0 Å². The summed E-state index contributed by atoms with van der Waals surface area (Å²) < 4.78 is 0. The van der Waals surface area contributed by atoms with Crippen LogP contribution in [0.4, 0.5) is 0 Å². The first-order chi connectivity index (χ1) is 8.74. The zero-order valence-electron chi connectivity index (χ0n) is 9.89. The molecule has 0 aliphatic rings. The highest BCUT2D eigenvalue weighted by Crippen LogP contribution is 2.26. The third kappa shape index (κ3) is 1.95. The van der Waals surface area contributed by atoms with Gasteiger partial charge in [0.05, 0.1) is 0 Å². The second-order valence-corrected chi connectivity index (χ2v) is 4.57. The van der Waals surface area contributed by atoms with Crippen LogP contribution < -0.4 is 0 Å². The fourth-order valence-corrected chi connectivity index (χ4v) is 2.31. The minimum absolute atomic E-state index is 0.477. The van der Waals surface area contributed by atoms with E-state index in [1.54, 1.807) is 6.07 Å². The van der Waals surface area contributed by atoms with E-state index in [-0.39, 0.29) is 0 Å². The van der Waals surface area contributed by atoms with Gasteiger partial charge in [0.2, 0.25) is 0 Å². The second-order valence-electron chi connectivity index (χ2n) is 4.18. The molecule has 3 aromatic rings. The molecule has 1 aromatic heterocycles. The zero-order valence-corrected chi connectivity index (χ0v) is 10.6. The Morgan fingerprint density at radius 1 is 0.944 bits per heavy atom. The van der Waals surface area contributed by atoms with E-state index >= 15 is 0 Å². The summed E-state index contributed by atoms with van der Waals surface area (Å²) >= 11 is 6.00. The van der Waals surface area contributed by atoms with Gasteiger partial charge in [-0.2, -0.15) is 0 Å². The fraction of sp³-hybridized carbons (Fsp3) is 0.0667. The highest BCUT2D eigenvalue weighted by atomic mass is 35.5. The Labute approximate surface area is 110 Å².